The largest absolute Gasteiger partial charge is 0.365 e. The molecule has 0 bridgehead atoms. The van der Waals surface area contributed by atoms with Crippen LogP contribution in [0.5, 0.6) is 0 Å². The Balaban J connectivity index is 1.12. The number of amides is 1. The van der Waals surface area contributed by atoms with E-state index >= 15 is 0 Å². The van der Waals surface area contributed by atoms with Gasteiger partial charge in [-0.1, -0.05) is 44.7 Å². The van der Waals surface area contributed by atoms with Crippen LogP contribution in [0.4, 0.5) is 11.8 Å². The van der Waals surface area contributed by atoms with Crippen molar-refractivity contribution in [3.05, 3.63) is 41.7 Å². The maximum Gasteiger partial charge on any atom is 0.253 e. The first-order valence-corrected chi connectivity index (χ1v) is 16.5. The molecule has 3 heterocycles. The summed E-state index contributed by atoms with van der Waals surface area (Å²) in [5.41, 5.74) is 10.0. The SMILES string of the molecule is CCCCCc1ccc(C(=O)N2CCC(Nc3nc(NC4CCC(N)CC4)nc4c3ncn4C3CCCC3)CC2)cc1. The number of nitrogens with one attached hydrogen (secondary N) is 2. The van der Waals surface area contributed by atoms with Crippen LogP contribution in [0.3, 0.4) is 0 Å². The van der Waals surface area contributed by atoms with E-state index in [1.807, 2.05) is 23.4 Å². The summed E-state index contributed by atoms with van der Waals surface area (Å²) in [6.07, 6.45) is 17.5. The molecule has 2 aliphatic carbocycles. The first-order valence-electron chi connectivity index (χ1n) is 16.5. The van der Waals surface area contributed by atoms with Crippen molar-refractivity contribution in [2.75, 3.05) is 23.7 Å². The summed E-state index contributed by atoms with van der Waals surface area (Å²) in [4.78, 5) is 30.0. The molecule has 0 radical (unpaired) electrons. The number of carbonyl (C=O) groups excluding carboxylic acids is 1. The van der Waals surface area contributed by atoms with Crippen molar-refractivity contribution in [1.29, 1.82) is 0 Å². The molecular formula is C33H48N8O. The molecule has 1 saturated heterocycles. The summed E-state index contributed by atoms with van der Waals surface area (Å²) in [7, 11) is 0. The highest BCUT2D eigenvalue weighted by atomic mass is 16.2. The second-order valence-electron chi connectivity index (χ2n) is 12.8. The maximum atomic E-state index is 13.2. The van der Waals surface area contributed by atoms with E-state index in [4.69, 9.17) is 20.7 Å². The zero-order valence-corrected chi connectivity index (χ0v) is 25.2. The van der Waals surface area contributed by atoms with Gasteiger partial charge in [0.2, 0.25) is 5.95 Å². The molecule has 226 valence electrons. The first-order chi connectivity index (χ1) is 20.6. The van der Waals surface area contributed by atoms with Gasteiger partial charge in [0.15, 0.2) is 17.0 Å². The minimum absolute atomic E-state index is 0.131. The van der Waals surface area contributed by atoms with Gasteiger partial charge in [0.25, 0.3) is 5.91 Å². The van der Waals surface area contributed by atoms with Crippen molar-refractivity contribution in [3.8, 4) is 0 Å². The van der Waals surface area contributed by atoms with Crippen LogP contribution in [0.25, 0.3) is 11.2 Å². The van der Waals surface area contributed by atoms with Crippen molar-refractivity contribution in [3.63, 3.8) is 0 Å². The highest BCUT2D eigenvalue weighted by molar-refractivity contribution is 5.94. The number of hydrogen-bond donors (Lipinski definition) is 3. The Morgan fingerprint density at radius 3 is 2.33 bits per heavy atom. The topological polar surface area (TPSA) is 114 Å². The summed E-state index contributed by atoms with van der Waals surface area (Å²) in [6, 6.07) is 9.58. The minimum Gasteiger partial charge on any atom is -0.365 e. The fourth-order valence-electron chi connectivity index (χ4n) is 6.97. The van der Waals surface area contributed by atoms with E-state index in [1.54, 1.807) is 0 Å². The lowest BCUT2D eigenvalue weighted by Crippen LogP contribution is -2.42. The second-order valence-corrected chi connectivity index (χ2v) is 12.8. The maximum absolute atomic E-state index is 13.2. The third-order valence-corrected chi connectivity index (χ3v) is 9.64. The van der Waals surface area contributed by atoms with E-state index in [-0.39, 0.29) is 11.9 Å². The normalized spacial score (nSPS) is 22.1. The number of benzene rings is 1. The Morgan fingerprint density at radius 1 is 0.905 bits per heavy atom. The quantitative estimate of drug-likeness (QED) is 0.253. The van der Waals surface area contributed by atoms with Gasteiger partial charge in [0.1, 0.15) is 0 Å². The number of carbonyl (C=O) groups is 1. The van der Waals surface area contributed by atoms with Crippen LogP contribution < -0.4 is 16.4 Å². The molecule has 1 aromatic carbocycles. The number of anilines is 2. The molecule has 3 fully saturated rings. The Morgan fingerprint density at radius 2 is 1.62 bits per heavy atom. The van der Waals surface area contributed by atoms with Crippen LogP contribution in [0.2, 0.25) is 0 Å². The van der Waals surface area contributed by atoms with Crippen LogP contribution in [-0.2, 0) is 6.42 Å². The molecule has 1 aliphatic heterocycles. The number of fused-ring (bicyclic) bond motifs is 1. The molecule has 9 heteroatoms. The molecule has 1 amide bonds. The summed E-state index contributed by atoms with van der Waals surface area (Å²) < 4.78 is 2.27. The van der Waals surface area contributed by atoms with E-state index < -0.39 is 0 Å². The van der Waals surface area contributed by atoms with E-state index in [1.165, 1.54) is 50.5 Å². The monoisotopic (exact) mass is 572 g/mol. The average Bonchev–Trinajstić information content (AvgIpc) is 3.69. The lowest BCUT2D eigenvalue weighted by molar-refractivity contribution is 0.0718. The Kier molecular flexibility index (Phi) is 9.22. The van der Waals surface area contributed by atoms with Crippen LogP contribution in [0, 0.1) is 0 Å². The molecule has 4 N–H and O–H groups in total. The van der Waals surface area contributed by atoms with Gasteiger partial charge in [0, 0.05) is 42.8 Å². The number of likely N-dealkylation sites (tertiary alicyclic amines) is 1. The zero-order valence-electron chi connectivity index (χ0n) is 25.2. The Hall–Kier alpha value is -3.20. The molecule has 3 aliphatic rings. The highest BCUT2D eigenvalue weighted by Gasteiger charge is 2.27. The molecule has 2 saturated carbocycles. The predicted molar refractivity (Wildman–Crippen MR) is 169 cm³/mol. The van der Waals surface area contributed by atoms with Gasteiger partial charge in [0.05, 0.1) is 6.33 Å². The number of aryl methyl sites for hydroxylation is 1. The van der Waals surface area contributed by atoms with Gasteiger partial charge in [-0.25, -0.2) is 4.98 Å². The average molecular weight is 573 g/mol. The number of imidazole rings is 1. The summed E-state index contributed by atoms with van der Waals surface area (Å²) in [5, 5.41) is 7.34. The van der Waals surface area contributed by atoms with Crippen LogP contribution in [-0.4, -0.2) is 61.5 Å². The molecular weight excluding hydrogens is 524 g/mol. The number of nitrogens with zero attached hydrogens (tertiary/aromatic N) is 5. The Bertz CT molecular complexity index is 1320. The number of nitrogens with two attached hydrogens (primary N) is 1. The van der Waals surface area contributed by atoms with Gasteiger partial charge < -0.3 is 25.8 Å². The lowest BCUT2D eigenvalue weighted by atomic mass is 9.92. The standard InChI is InChI=1S/C33H48N8O/c1-2-3-4-7-23-10-12-24(13-11-23)32(42)40-20-18-27(19-21-40)36-30-29-31(41(22-35-29)28-8-5-6-9-28)39-33(38-30)37-26-16-14-25(34)15-17-26/h10-13,22,25-28H,2-9,14-21,34H2,1H3,(H2,36,37,38,39). The third kappa shape index (κ3) is 6.72. The number of piperidine rings is 1. The first kappa shape index (κ1) is 28.9. The van der Waals surface area contributed by atoms with Crippen molar-refractivity contribution in [2.45, 2.75) is 121 Å². The van der Waals surface area contributed by atoms with Gasteiger partial charge >= 0.3 is 0 Å². The van der Waals surface area contributed by atoms with E-state index in [0.29, 0.717) is 24.1 Å². The second kappa shape index (κ2) is 13.4. The number of aromatic nitrogens is 4. The third-order valence-electron chi connectivity index (χ3n) is 9.64. The van der Waals surface area contributed by atoms with Gasteiger partial charge in [-0.15, -0.1) is 0 Å². The Labute approximate surface area is 250 Å². The van der Waals surface area contributed by atoms with Crippen LogP contribution >= 0.6 is 0 Å². The van der Waals surface area contributed by atoms with E-state index in [2.05, 4.69) is 34.3 Å². The molecule has 9 nitrogen and oxygen atoms in total. The lowest BCUT2D eigenvalue weighted by Gasteiger charge is -2.33. The van der Waals surface area contributed by atoms with E-state index in [0.717, 1.165) is 80.6 Å². The molecule has 3 aromatic rings. The molecule has 0 atom stereocenters. The fraction of sp³-hybridized carbons (Fsp3) is 0.636. The van der Waals surface area contributed by atoms with Crippen molar-refractivity contribution in [1.82, 2.24) is 24.4 Å². The molecule has 2 aromatic heterocycles. The smallest absolute Gasteiger partial charge is 0.253 e. The molecule has 0 unspecified atom stereocenters. The van der Waals surface area contributed by atoms with Crippen molar-refractivity contribution < 1.29 is 4.79 Å². The zero-order chi connectivity index (χ0) is 28.9. The number of hydrogen-bond acceptors (Lipinski definition) is 7. The molecule has 42 heavy (non-hydrogen) atoms. The van der Waals surface area contributed by atoms with Crippen LogP contribution in [0.15, 0.2) is 30.6 Å². The van der Waals surface area contributed by atoms with Crippen molar-refractivity contribution in [2.24, 2.45) is 5.73 Å². The van der Waals surface area contributed by atoms with Crippen LogP contribution in [0.1, 0.15) is 112 Å². The predicted octanol–water partition coefficient (Wildman–Crippen LogP) is 6.07. The van der Waals surface area contributed by atoms with Gasteiger partial charge in [-0.3, -0.25) is 4.79 Å². The van der Waals surface area contributed by atoms with Crippen molar-refractivity contribution >= 4 is 28.8 Å². The fourth-order valence-corrected chi connectivity index (χ4v) is 6.97. The summed E-state index contributed by atoms with van der Waals surface area (Å²) >= 11 is 0. The van der Waals surface area contributed by atoms with Gasteiger partial charge in [-0.05, 0) is 81.9 Å². The highest BCUT2D eigenvalue weighted by Crippen LogP contribution is 2.34. The number of rotatable bonds is 10. The number of unbranched alkanes of at least 4 members (excludes halogenated alkanes) is 2. The van der Waals surface area contributed by atoms with E-state index in [9.17, 15) is 4.79 Å². The summed E-state index contributed by atoms with van der Waals surface area (Å²) in [6.45, 7) is 3.68. The summed E-state index contributed by atoms with van der Waals surface area (Å²) in [5.74, 6) is 1.61. The molecule has 0 spiro atoms. The van der Waals surface area contributed by atoms with Gasteiger partial charge in [-0.2, -0.15) is 9.97 Å². The molecule has 6 rings (SSSR count). The minimum atomic E-state index is 0.131.